The monoisotopic (exact) mass is 588 g/mol. The van der Waals surface area contributed by atoms with Crippen LogP contribution in [-0.4, -0.2) is 43.9 Å². The number of nitrogens with one attached hydrogen (secondary N) is 1. The summed E-state index contributed by atoms with van der Waals surface area (Å²) in [6, 6.07) is 11.1. The topological polar surface area (TPSA) is 95.9 Å². The molecule has 2 aromatic rings. The molecule has 40 heavy (non-hydrogen) atoms. The van der Waals surface area contributed by atoms with Crippen molar-refractivity contribution in [1.29, 1.82) is 0 Å². The zero-order valence-corrected chi connectivity index (χ0v) is 25.0. The summed E-state index contributed by atoms with van der Waals surface area (Å²) in [6.07, 6.45) is 6.23. The molecule has 2 heterocycles. The molecule has 1 amide bonds. The first-order chi connectivity index (χ1) is 19.1. The van der Waals surface area contributed by atoms with E-state index in [0.29, 0.717) is 42.6 Å². The van der Waals surface area contributed by atoms with Crippen molar-refractivity contribution in [3.63, 3.8) is 0 Å². The third-order valence-corrected chi connectivity index (χ3v) is 11.1. The van der Waals surface area contributed by atoms with Crippen molar-refractivity contribution in [3.05, 3.63) is 58.1 Å². The summed E-state index contributed by atoms with van der Waals surface area (Å²) in [5, 5.41) is 11.2. The van der Waals surface area contributed by atoms with E-state index < -0.39 is 27.3 Å². The fourth-order valence-corrected chi connectivity index (χ4v) is 7.58. The Morgan fingerprint density at radius 2 is 1.85 bits per heavy atom. The zero-order chi connectivity index (χ0) is 28.4. The summed E-state index contributed by atoms with van der Waals surface area (Å²) in [5.41, 5.74) is 3.34. The van der Waals surface area contributed by atoms with Crippen LogP contribution >= 0.6 is 11.6 Å². The van der Waals surface area contributed by atoms with Gasteiger partial charge in [0, 0.05) is 23.7 Å². The normalized spacial score (nSPS) is 29.4. The van der Waals surface area contributed by atoms with Crippen molar-refractivity contribution in [1.82, 2.24) is 4.72 Å². The van der Waals surface area contributed by atoms with E-state index in [1.807, 2.05) is 18.2 Å². The average Bonchev–Trinajstić information content (AvgIpc) is 2.92. The number of nitrogens with zero attached hydrogens (tertiary/aromatic N) is 1. The predicted molar refractivity (Wildman–Crippen MR) is 158 cm³/mol. The molecule has 1 fully saturated rings. The van der Waals surface area contributed by atoms with Gasteiger partial charge in [0.2, 0.25) is 10.0 Å². The molecule has 0 radical (unpaired) electrons. The second kappa shape index (κ2) is 12.3. The lowest BCUT2D eigenvalue weighted by atomic mass is 9.68. The van der Waals surface area contributed by atoms with Crippen molar-refractivity contribution in [2.24, 2.45) is 17.8 Å². The highest BCUT2D eigenvalue weighted by Crippen LogP contribution is 2.42. The molecule has 0 spiro atoms. The van der Waals surface area contributed by atoms with Gasteiger partial charge in [-0.2, -0.15) is 0 Å². The van der Waals surface area contributed by atoms with E-state index >= 15 is 0 Å². The van der Waals surface area contributed by atoms with Crippen LogP contribution in [0.5, 0.6) is 5.75 Å². The molecule has 2 aromatic carbocycles. The Morgan fingerprint density at radius 1 is 1.02 bits per heavy atom. The van der Waals surface area contributed by atoms with E-state index in [0.717, 1.165) is 56.4 Å². The third kappa shape index (κ3) is 6.60. The summed E-state index contributed by atoms with van der Waals surface area (Å²) in [5.74, 6) is 0.790. The number of benzene rings is 2. The summed E-state index contributed by atoms with van der Waals surface area (Å²) in [7, 11) is -3.85. The summed E-state index contributed by atoms with van der Waals surface area (Å²) in [6.45, 7) is 5.60. The number of aliphatic hydroxyl groups is 1. The molecule has 2 bridgehead atoms. The van der Waals surface area contributed by atoms with Gasteiger partial charge in [-0.05, 0) is 118 Å². The molecule has 7 nitrogen and oxygen atoms in total. The number of anilines is 1. The van der Waals surface area contributed by atoms with Crippen molar-refractivity contribution < 1.29 is 23.1 Å². The zero-order valence-electron chi connectivity index (χ0n) is 23.4. The molecule has 0 aromatic heterocycles. The minimum absolute atomic E-state index is 0.193. The van der Waals surface area contributed by atoms with Gasteiger partial charge in [0.05, 0.1) is 17.0 Å². The number of hydrogen-bond acceptors (Lipinski definition) is 6. The minimum atomic E-state index is -3.85. The van der Waals surface area contributed by atoms with Crippen LogP contribution in [0.15, 0.2) is 36.4 Å². The third-order valence-electron chi connectivity index (χ3n) is 9.14. The number of fused-ring (bicyclic) bond motifs is 3. The van der Waals surface area contributed by atoms with Crippen LogP contribution < -0.4 is 14.4 Å². The molecule has 1 saturated carbocycles. The van der Waals surface area contributed by atoms with E-state index in [2.05, 4.69) is 16.5 Å². The first-order valence-corrected chi connectivity index (χ1v) is 16.6. The lowest BCUT2D eigenvalue weighted by molar-refractivity contribution is 0.00157. The average molecular weight is 589 g/mol. The SMILES string of the molecule is C[C@H]1CC[C@@H](C)S(=O)(=O)NC(=O)c2ccc3c(c2)N(CCCCc2cc(Cl)ccc2CO3)C[C@@H]2CC[C@H]2[C@@H](O)C1. The van der Waals surface area contributed by atoms with Gasteiger partial charge < -0.3 is 14.7 Å². The molecule has 218 valence electrons. The van der Waals surface area contributed by atoms with Crippen LogP contribution in [-0.2, 0) is 23.1 Å². The summed E-state index contributed by atoms with van der Waals surface area (Å²) < 4.78 is 34.7. The van der Waals surface area contributed by atoms with E-state index in [-0.39, 0.29) is 17.4 Å². The predicted octanol–water partition coefficient (Wildman–Crippen LogP) is 5.72. The summed E-state index contributed by atoms with van der Waals surface area (Å²) in [4.78, 5) is 15.5. The highest BCUT2D eigenvalue weighted by Gasteiger charge is 2.38. The van der Waals surface area contributed by atoms with Gasteiger partial charge in [0.15, 0.2) is 0 Å². The molecule has 2 N–H and O–H groups in total. The van der Waals surface area contributed by atoms with Gasteiger partial charge in [-0.3, -0.25) is 4.79 Å². The van der Waals surface area contributed by atoms with Crippen LogP contribution in [0.2, 0.25) is 5.02 Å². The van der Waals surface area contributed by atoms with Gasteiger partial charge in [0.1, 0.15) is 12.4 Å². The van der Waals surface area contributed by atoms with E-state index in [4.69, 9.17) is 16.3 Å². The van der Waals surface area contributed by atoms with E-state index in [9.17, 15) is 18.3 Å². The molecular weight excluding hydrogens is 548 g/mol. The van der Waals surface area contributed by atoms with Gasteiger partial charge in [-0.1, -0.05) is 24.6 Å². The Kier molecular flexibility index (Phi) is 8.98. The second-order valence-electron chi connectivity index (χ2n) is 12.1. The number of hydrogen-bond donors (Lipinski definition) is 2. The summed E-state index contributed by atoms with van der Waals surface area (Å²) >= 11 is 6.30. The van der Waals surface area contributed by atoms with Crippen LogP contribution in [0.4, 0.5) is 5.69 Å². The van der Waals surface area contributed by atoms with Gasteiger partial charge >= 0.3 is 0 Å². The molecule has 0 unspecified atom stereocenters. The lowest BCUT2D eigenvalue weighted by Crippen LogP contribution is -2.44. The number of rotatable bonds is 0. The smallest absolute Gasteiger partial charge is 0.264 e. The van der Waals surface area contributed by atoms with Crippen molar-refractivity contribution in [2.45, 2.75) is 83.2 Å². The molecule has 5 atom stereocenters. The Balaban J connectivity index is 1.52. The number of carbonyl (C=O) groups is 1. The van der Waals surface area contributed by atoms with E-state index in [1.165, 1.54) is 5.56 Å². The fourth-order valence-electron chi connectivity index (χ4n) is 6.36. The van der Waals surface area contributed by atoms with Crippen molar-refractivity contribution in [2.75, 3.05) is 18.0 Å². The quantitative estimate of drug-likeness (QED) is 0.409. The van der Waals surface area contributed by atoms with Crippen molar-refractivity contribution in [3.8, 4) is 5.75 Å². The van der Waals surface area contributed by atoms with Crippen molar-refractivity contribution >= 4 is 33.2 Å². The van der Waals surface area contributed by atoms with Gasteiger partial charge in [-0.25, -0.2) is 13.1 Å². The molecule has 2 aliphatic heterocycles. The Labute approximate surface area is 243 Å². The number of ether oxygens (including phenoxy) is 1. The number of aliphatic hydroxyl groups excluding tert-OH is 1. The van der Waals surface area contributed by atoms with Crippen LogP contribution in [0.1, 0.15) is 80.3 Å². The fraction of sp³-hybridized carbons (Fsp3) is 0.581. The van der Waals surface area contributed by atoms with Crippen LogP contribution in [0.3, 0.4) is 0 Å². The second-order valence-corrected chi connectivity index (χ2v) is 14.6. The minimum Gasteiger partial charge on any atom is -0.487 e. The molecule has 1 aliphatic carbocycles. The maximum atomic E-state index is 13.2. The molecule has 9 heteroatoms. The molecule has 0 saturated heterocycles. The Morgan fingerprint density at radius 3 is 2.62 bits per heavy atom. The highest BCUT2D eigenvalue weighted by atomic mass is 35.5. The first kappa shape index (κ1) is 29.2. The number of halogens is 1. The highest BCUT2D eigenvalue weighted by molar-refractivity contribution is 7.90. The Bertz CT molecular complexity index is 1330. The van der Waals surface area contributed by atoms with Crippen LogP contribution in [0.25, 0.3) is 0 Å². The number of sulfonamides is 1. The van der Waals surface area contributed by atoms with Crippen LogP contribution in [0, 0.1) is 17.8 Å². The molecule has 5 rings (SSSR count). The Hall–Kier alpha value is -2.29. The number of carbonyl (C=O) groups excluding carboxylic acids is 1. The molecular formula is C31H41ClN2O5S. The number of amides is 1. The van der Waals surface area contributed by atoms with Gasteiger partial charge in [0.25, 0.3) is 5.91 Å². The first-order valence-electron chi connectivity index (χ1n) is 14.6. The lowest BCUT2D eigenvalue weighted by Gasteiger charge is -2.44. The molecule has 3 aliphatic rings. The maximum absolute atomic E-state index is 13.2. The standard InChI is InChI=1S/C31H41ClN2O5S/c1-20-6-7-21(2)40(37,38)33-31(36)23-10-13-30-28(17-23)34(18-24-9-12-27(24)29(35)15-20)14-4-3-5-22-16-26(32)11-8-25(22)19-39-30/h8,10-11,13,16-17,20-21,24,27,29,35H,3-7,9,12,14-15,18-19H2,1-2H3,(H,33,36)/t20-,21+,24-,27+,29-/m0/s1. The van der Waals surface area contributed by atoms with E-state index in [1.54, 1.807) is 25.1 Å². The van der Waals surface area contributed by atoms with Gasteiger partial charge in [-0.15, -0.1) is 0 Å². The number of aryl methyl sites for hydroxylation is 1. The largest absolute Gasteiger partial charge is 0.487 e. The maximum Gasteiger partial charge on any atom is 0.264 e.